The lowest BCUT2D eigenvalue weighted by molar-refractivity contribution is -0.300. The van der Waals surface area contributed by atoms with Gasteiger partial charge in [0.05, 0.1) is 30.9 Å². The number of phosphoric ester groups is 1. The van der Waals surface area contributed by atoms with E-state index in [0.717, 1.165) is 17.2 Å². The summed E-state index contributed by atoms with van der Waals surface area (Å²) in [5.74, 6) is 0.248. The van der Waals surface area contributed by atoms with Crippen molar-refractivity contribution in [2.45, 2.75) is 37.3 Å². The highest BCUT2D eigenvalue weighted by Gasteiger charge is 2.51. The Morgan fingerprint density at radius 3 is 2.81 bits per heavy atom. The lowest BCUT2D eigenvalue weighted by Gasteiger charge is -2.20. The molecule has 0 aliphatic carbocycles. The zero-order chi connectivity index (χ0) is 19.5. The number of pyridine rings is 1. The molecule has 1 fully saturated rings. The zero-order valence-electron chi connectivity index (χ0n) is 14.6. The minimum absolute atomic E-state index is 0.471. The molecule has 4 rings (SSSR count). The number of rotatable bonds is 4. The number of aromatic nitrogens is 1. The van der Waals surface area contributed by atoms with Crippen LogP contribution >= 0.6 is 7.82 Å². The van der Waals surface area contributed by atoms with Crippen LogP contribution in [0.2, 0.25) is 0 Å². The van der Waals surface area contributed by atoms with Crippen molar-refractivity contribution in [3.63, 3.8) is 0 Å². The summed E-state index contributed by atoms with van der Waals surface area (Å²) in [4.78, 5) is 22.1. The molecule has 11 nitrogen and oxygen atoms in total. The summed E-state index contributed by atoms with van der Waals surface area (Å²) in [6.45, 7) is 1.30. The molecule has 0 spiro atoms. The molecule has 1 aromatic rings. The number of ether oxygens (including phenoxy) is 1. The van der Waals surface area contributed by atoms with E-state index in [1.54, 1.807) is 11.2 Å². The highest BCUT2D eigenvalue weighted by molar-refractivity contribution is 7.46. The van der Waals surface area contributed by atoms with E-state index in [1.165, 1.54) is 0 Å². The predicted octanol–water partition coefficient (Wildman–Crippen LogP) is -0.725. The van der Waals surface area contributed by atoms with Crippen LogP contribution < -0.4 is 5.01 Å². The van der Waals surface area contributed by atoms with Crippen LogP contribution in [0.25, 0.3) is 0 Å². The fourth-order valence-corrected chi connectivity index (χ4v) is 4.07. The van der Waals surface area contributed by atoms with Crippen LogP contribution in [0.4, 0.5) is 11.4 Å². The summed E-state index contributed by atoms with van der Waals surface area (Å²) in [7, 11) is -2.89. The molecule has 0 saturated carbocycles. The zero-order valence-corrected chi connectivity index (χ0v) is 15.5. The first kappa shape index (κ1) is 18.6. The van der Waals surface area contributed by atoms with Crippen LogP contribution in [-0.2, 0) is 13.8 Å². The van der Waals surface area contributed by atoms with Gasteiger partial charge in [-0.05, 0) is 6.07 Å². The van der Waals surface area contributed by atoms with Crippen molar-refractivity contribution in [2.75, 3.05) is 18.7 Å². The number of phosphoric acid groups is 1. The highest BCUT2D eigenvalue weighted by atomic mass is 31.2. The average Bonchev–Trinajstić information content (AvgIpc) is 3.11. The van der Waals surface area contributed by atoms with Crippen LogP contribution in [0.5, 0.6) is 0 Å². The molecule has 27 heavy (non-hydrogen) atoms. The number of aliphatic hydroxyl groups is 2. The molecule has 3 aliphatic rings. The summed E-state index contributed by atoms with van der Waals surface area (Å²) in [5, 5.41) is 26.9. The van der Waals surface area contributed by atoms with E-state index in [0.29, 0.717) is 5.69 Å². The second kappa shape index (κ2) is 6.42. The van der Waals surface area contributed by atoms with Crippen molar-refractivity contribution in [1.82, 2.24) is 4.98 Å². The third-order valence-electron chi connectivity index (χ3n) is 4.95. The van der Waals surface area contributed by atoms with Gasteiger partial charge in [0.25, 0.3) is 0 Å². The van der Waals surface area contributed by atoms with Gasteiger partial charge in [-0.2, -0.15) is 9.58 Å². The van der Waals surface area contributed by atoms with Crippen molar-refractivity contribution in [2.24, 2.45) is 5.10 Å². The second-order valence-electron chi connectivity index (χ2n) is 6.69. The molecule has 0 radical (unpaired) electrons. The number of anilines is 1. The maximum absolute atomic E-state index is 10.9. The van der Waals surface area contributed by atoms with E-state index in [9.17, 15) is 14.8 Å². The SMILES string of the molecule is CC1=NN(C)c2ccnc3c2[N+]1=CC3[C@@H]1O[C@H](COP(=O)(O)O)[C@@H](O)[C@H]1O. The van der Waals surface area contributed by atoms with Gasteiger partial charge in [-0.25, -0.2) is 4.57 Å². The second-order valence-corrected chi connectivity index (χ2v) is 7.93. The number of hydrazone groups is 1. The summed E-state index contributed by atoms with van der Waals surface area (Å²) >= 11 is 0. The van der Waals surface area contributed by atoms with Crippen LogP contribution in [-0.4, -0.2) is 79.7 Å². The van der Waals surface area contributed by atoms with Crippen LogP contribution in [0.1, 0.15) is 18.5 Å². The van der Waals surface area contributed by atoms with Gasteiger partial charge in [0.2, 0.25) is 0 Å². The van der Waals surface area contributed by atoms with E-state index >= 15 is 0 Å². The molecule has 5 atom stereocenters. The predicted molar refractivity (Wildman–Crippen MR) is 93.1 cm³/mol. The van der Waals surface area contributed by atoms with Gasteiger partial charge in [0.15, 0.2) is 5.69 Å². The lowest BCUT2D eigenvalue weighted by Crippen LogP contribution is -2.36. The number of nitrogens with zero attached hydrogens (tertiary/aromatic N) is 4. The van der Waals surface area contributed by atoms with Crippen LogP contribution in [0.3, 0.4) is 0 Å². The summed E-state index contributed by atoms with van der Waals surface area (Å²) < 4.78 is 22.9. The Hall–Kier alpha value is -1.72. The Balaban J connectivity index is 1.64. The molecule has 0 amide bonds. The third kappa shape index (κ3) is 3.11. The molecule has 4 N–H and O–H groups in total. The van der Waals surface area contributed by atoms with Crippen LogP contribution in [0.15, 0.2) is 17.4 Å². The normalized spacial score (nSPS) is 32.4. The molecular weight excluding hydrogens is 379 g/mol. The minimum atomic E-state index is -4.71. The van der Waals surface area contributed by atoms with Crippen molar-refractivity contribution >= 4 is 31.2 Å². The number of amidine groups is 1. The van der Waals surface area contributed by atoms with Gasteiger partial charge in [-0.3, -0.25) is 9.51 Å². The molecule has 4 heterocycles. The van der Waals surface area contributed by atoms with E-state index < -0.39 is 44.8 Å². The summed E-state index contributed by atoms with van der Waals surface area (Å²) in [6, 6.07) is 1.83. The maximum Gasteiger partial charge on any atom is 0.469 e. The first-order valence-corrected chi connectivity index (χ1v) is 9.84. The molecule has 1 aromatic heterocycles. The Morgan fingerprint density at radius 1 is 1.37 bits per heavy atom. The molecule has 3 aliphatic heterocycles. The van der Waals surface area contributed by atoms with Crippen molar-refractivity contribution in [1.29, 1.82) is 0 Å². The molecular formula is C15H20N4O7P+. The average molecular weight is 399 g/mol. The topological polar surface area (TPSA) is 148 Å². The first-order valence-electron chi connectivity index (χ1n) is 8.31. The van der Waals surface area contributed by atoms with Crippen molar-refractivity contribution < 1.29 is 38.4 Å². The van der Waals surface area contributed by atoms with Gasteiger partial charge < -0.3 is 24.7 Å². The van der Waals surface area contributed by atoms with Gasteiger partial charge >= 0.3 is 13.7 Å². The highest BCUT2D eigenvalue weighted by Crippen LogP contribution is 2.45. The fraction of sp³-hybridized carbons (Fsp3) is 0.533. The molecule has 1 unspecified atom stereocenters. The van der Waals surface area contributed by atoms with Gasteiger partial charge in [-0.1, -0.05) is 0 Å². The maximum atomic E-state index is 10.9. The Kier molecular flexibility index (Phi) is 4.43. The molecule has 0 aromatic carbocycles. The standard InChI is InChI=1S/C15H19N4O7P/c1-7-17-18(2)9-3-4-16-11-8(5-19(7)12(9)11)15-14(21)13(20)10(26-15)6-25-27(22,23)24/h3-5,8,10,13-15,20-21H,6H2,1-2H3,(H-,22,23,24)/p+1/t8?,10-,13-,14-,15+/m1/s1. The van der Waals surface area contributed by atoms with Gasteiger partial charge in [0, 0.05) is 13.1 Å². The van der Waals surface area contributed by atoms with Gasteiger partial charge in [-0.15, -0.1) is 0 Å². The number of hydrogen-bond acceptors (Lipinski definition) is 8. The Morgan fingerprint density at radius 2 is 2.11 bits per heavy atom. The van der Waals surface area contributed by atoms with Crippen molar-refractivity contribution in [3.8, 4) is 0 Å². The monoisotopic (exact) mass is 399 g/mol. The smallest absolute Gasteiger partial charge is 0.388 e. The number of hydrogen-bond donors (Lipinski definition) is 4. The summed E-state index contributed by atoms with van der Waals surface area (Å²) in [5.41, 5.74) is 2.35. The van der Waals surface area contributed by atoms with Gasteiger partial charge in [0.1, 0.15) is 35.8 Å². The first-order chi connectivity index (χ1) is 12.7. The van der Waals surface area contributed by atoms with Crippen molar-refractivity contribution in [3.05, 3.63) is 18.0 Å². The Bertz CT molecular complexity index is 885. The van der Waals surface area contributed by atoms with Crippen LogP contribution in [0, 0.1) is 0 Å². The third-order valence-corrected chi connectivity index (χ3v) is 5.44. The van der Waals surface area contributed by atoms with E-state index in [4.69, 9.17) is 14.5 Å². The van der Waals surface area contributed by atoms with E-state index in [1.807, 2.05) is 30.8 Å². The molecule has 0 bridgehead atoms. The molecule has 12 heteroatoms. The summed E-state index contributed by atoms with van der Waals surface area (Å²) in [6.07, 6.45) is -1.09. The molecule has 1 saturated heterocycles. The fourth-order valence-electron chi connectivity index (χ4n) is 3.73. The van der Waals surface area contributed by atoms with E-state index in [-0.39, 0.29) is 0 Å². The lowest BCUT2D eigenvalue weighted by atomic mass is 9.94. The quantitative estimate of drug-likeness (QED) is 0.380. The van der Waals surface area contributed by atoms with E-state index in [2.05, 4.69) is 14.6 Å². The Labute approximate surface area is 154 Å². The number of aliphatic hydroxyl groups excluding tert-OH is 2. The largest absolute Gasteiger partial charge is 0.469 e. The molecule has 146 valence electrons. The minimum Gasteiger partial charge on any atom is -0.388 e.